The van der Waals surface area contributed by atoms with Gasteiger partial charge in [-0.25, -0.2) is 9.97 Å². The molecule has 3 aromatic rings. The number of hydrogen-bond donors (Lipinski definition) is 2. The highest BCUT2D eigenvalue weighted by Crippen LogP contribution is 2.26. The van der Waals surface area contributed by atoms with E-state index in [1.165, 1.54) is 0 Å². The van der Waals surface area contributed by atoms with Crippen molar-refractivity contribution in [2.45, 2.75) is 20.0 Å². The van der Waals surface area contributed by atoms with Gasteiger partial charge in [-0.15, -0.1) is 0 Å². The summed E-state index contributed by atoms with van der Waals surface area (Å²) in [6.07, 6.45) is 6.51. The van der Waals surface area contributed by atoms with E-state index in [0.717, 1.165) is 61.8 Å². The van der Waals surface area contributed by atoms with Crippen LogP contribution in [0.4, 0.5) is 11.6 Å². The number of nitrogens with one attached hydrogen (secondary N) is 2. The second kappa shape index (κ2) is 11.5. The Morgan fingerprint density at radius 2 is 2.06 bits per heavy atom. The second-order valence-electron chi connectivity index (χ2n) is 8.94. The number of anilines is 2. The molecule has 36 heavy (non-hydrogen) atoms. The van der Waals surface area contributed by atoms with Crippen molar-refractivity contribution >= 4 is 23.6 Å². The third-order valence-corrected chi connectivity index (χ3v) is 6.15. The maximum atomic E-state index is 13.0. The van der Waals surface area contributed by atoms with Crippen molar-refractivity contribution in [3.05, 3.63) is 65.1 Å². The zero-order chi connectivity index (χ0) is 24.7. The molecule has 1 fully saturated rings. The van der Waals surface area contributed by atoms with Crippen LogP contribution in [0.1, 0.15) is 33.7 Å². The Balaban J connectivity index is 1.33. The highest BCUT2D eigenvalue weighted by molar-refractivity contribution is 5.96. The highest BCUT2D eigenvalue weighted by atomic mass is 16.5. The molecule has 5 rings (SSSR count). The summed E-state index contributed by atoms with van der Waals surface area (Å²) >= 11 is 0. The van der Waals surface area contributed by atoms with Gasteiger partial charge >= 0.3 is 0 Å². The number of benzene rings is 1. The van der Waals surface area contributed by atoms with E-state index in [1.807, 2.05) is 49.4 Å². The quantitative estimate of drug-likeness (QED) is 0.522. The van der Waals surface area contributed by atoms with E-state index < -0.39 is 0 Å². The summed E-state index contributed by atoms with van der Waals surface area (Å²) in [6, 6.07) is 9.43. The van der Waals surface area contributed by atoms with Crippen molar-refractivity contribution in [2.24, 2.45) is 0 Å². The first-order valence-electron chi connectivity index (χ1n) is 12.3. The number of morpholine rings is 1. The second-order valence-corrected chi connectivity index (χ2v) is 8.94. The van der Waals surface area contributed by atoms with Gasteiger partial charge in [0.1, 0.15) is 18.1 Å². The summed E-state index contributed by atoms with van der Waals surface area (Å²) in [7, 11) is 0. The Morgan fingerprint density at radius 1 is 1.17 bits per heavy atom. The number of amides is 1. The molecule has 0 unspecified atom stereocenters. The smallest absolute Gasteiger partial charge is 0.251 e. The Hall–Kier alpha value is -3.53. The maximum Gasteiger partial charge on any atom is 0.251 e. The first-order valence-corrected chi connectivity index (χ1v) is 12.3. The number of furan rings is 1. The minimum atomic E-state index is -0.113. The van der Waals surface area contributed by atoms with Crippen LogP contribution in [-0.4, -0.2) is 66.8 Å². The van der Waals surface area contributed by atoms with Crippen LogP contribution < -0.4 is 10.6 Å². The van der Waals surface area contributed by atoms with Gasteiger partial charge in [-0.1, -0.05) is 12.2 Å². The molecule has 9 heteroatoms. The number of ether oxygens (including phenoxy) is 2. The van der Waals surface area contributed by atoms with E-state index in [2.05, 4.69) is 25.5 Å². The van der Waals surface area contributed by atoms with Gasteiger partial charge in [0.05, 0.1) is 19.8 Å². The standard InChI is InChI=1S/C27H31N5O4/c1-19-17-29-27-30-22-15-20(4-2-11-35-18-23-5-6-24(36-23)25(19)31-27)14-21(16-22)26(33)28-7-3-8-32-9-12-34-13-10-32/h2,4-6,14-17H,3,7-13,18H2,1H3,(H,28,33)(H,29,30,31)/b4-2-. The lowest BCUT2D eigenvalue weighted by Crippen LogP contribution is -2.38. The van der Waals surface area contributed by atoms with Crippen LogP contribution in [0.15, 0.2) is 47.0 Å². The maximum absolute atomic E-state index is 13.0. The number of carbonyl (C=O) groups is 1. The molecule has 9 nitrogen and oxygen atoms in total. The number of aromatic nitrogens is 2. The Kier molecular flexibility index (Phi) is 7.70. The van der Waals surface area contributed by atoms with Crippen LogP contribution in [-0.2, 0) is 16.1 Å². The number of nitrogens with zero attached hydrogens (tertiary/aromatic N) is 3. The highest BCUT2D eigenvalue weighted by Gasteiger charge is 2.14. The molecule has 0 atom stereocenters. The minimum absolute atomic E-state index is 0.113. The topological polar surface area (TPSA) is 102 Å². The minimum Gasteiger partial charge on any atom is -0.457 e. The summed E-state index contributed by atoms with van der Waals surface area (Å²) in [6.45, 7) is 7.74. The van der Waals surface area contributed by atoms with Crippen molar-refractivity contribution in [3.8, 4) is 11.5 Å². The first-order chi connectivity index (χ1) is 17.6. The Bertz CT molecular complexity index is 1230. The van der Waals surface area contributed by atoms with Crippen LogP contribution in [0.5, 0.6) is 0 Å². The van der Waals surface area contributed by atoms with Crippen LogP contribution >= 0.6 is 0 Å². The molecular formula is C27H31N5O4. The van der Waals surface area contributed by atoms with Crippen molar-refractivity contribution < 1.29 is 18.7 Å². The molecule has 1 aromatic carbocycles. The number of rotatable bonds is 5. The SMILES string of the molecule is Cc1cnc2nc1-c1ccc(o1)COC/C=C\c1cc(cc(C(=O)NCCCN3CCOCC3)c1)N2. The van der Waals surface area contributed by atoms with Crippen LogP contribution in [0.2, 0.25) is 0 Å². The summed E-state index contributed by atoms with van der Waals surface area (Å²) in [4.78, 5) is 24.5. The average molecular weight is 490 g/mol. The molecule has 0 spiro atoms. The molecule has 188 valence electrons. The molecular weight excluding hydrogens is 458 g/mol. The summed E-state index contributed by atoms with van der Waals surface area (Å²) in [5, 5.41) is 6.31. The molecule has 2 aliphatic rings. The zero-order valence-electron chi connectivity index (χ0n) is 20.5. The number of aryl methyl sites for hydroxylation is 1. The van der Waals surface area contributed by atoms with Gasteiger partial charge < -0.3 is 24.5 Å². The summed E-state index contributed by atoms with van der Waals surface area (Å²) in [5.41, 5.74) is 3.78. The molecule has 4 heterocycles. The largest absolute Gasteiger partial charge is 0.457 e. The fourth-order valence-electron chi connectivity index (χ4n) is 4.26. The van der Waals surface area contributed by atoms with E-state index in [9.17, 15) is 4.79 Å². The van der Waals surface area contributed by atoms with Gasteiger partial charge in [0.15, 0.2) is 5.76 Å². The molecule has 1 amide bonds. The van der Waals surface area contributed by atoms with Crippen LogP contribution in [0.3, 0.4) is 0 Å². The van der Waals surface area contributed by atoms with Gasteiger partial charge in [-0.05, 0) is 61.3 Å². The fourth-order valence-corrected chi connectivity index (χ4v) is 4.26. The summed E-state index contributed by atoms with van der Waals surface area (Å²) < 4.78 is 17.1. The molecule has 0 aliphatic carbocycles. The van der Waals surface area contributed by atoms with Crippen LogP contribution in [0.25, 0.3) is 17.5 Å². The fraction of sp³-hybridized carbons (Fsp3) is 0.370. The van der Waals surface area contributed by atoms with Gasteiger partial charge in [-0.2, -0.15) is 0 Å². The zero-order valence-corrected chi connectivity index (χ0v) is 20.5. The monoisotopic (exact) mass is 489 g/mol. The molecule has 2 aliphatic heterocycles. The van der Waals surface area contributed by atoms with E-state index in [4.69, 9.17) is 13.9 Å². The third-order valence-electron chi connectivity index (χ3n) is 6.15. The van der Waals surface area contributed by atoms with Gasteiger partial charge in [-0.3, -0.25) is 9.69 Å². The molecule has 6 bridgehead atoms. The predicted molar refractivity (Wildman–Crippen MR) is 137 cm³/mol. The lowest BCUT2D eigenvalue weighted by molar-refractivity contribution is 0.0374. The average Bonchev–Trinajstić information content (AvgIpc) is 3.36. The molecule has 0 radical (unpaired) electrons. The van der Waals surface area contributed by atoms with Gasteiger partial charge in [0, 0.05) is 37.1 Å². The van der Waals surface area contributed by atoms with E-state index in [-0.39, 0.29) is 5.91 Å². The summed E-state index contributed by atoms with van der Waals surface area (Å²) in [5.74, 6) is 1.71. The predicted octanol–water partition coefficient (Wildman–Crippen LogP) is 3.78. The molecule has 1 saturated heterocycles. The molecule has 0 saturated carbocycles. The first kappa shape index (κ1) is 24.2. The number of hydrogen-bond acceptors (Lipinski definition) is 8. The lowest BCUT2D eigenvalue weighted by atomic mass is 10.1. The van der Waals surface area contributed by atoms with Crippen molar-refractivity contribution in [1.29, 1.82) is 0 Å². The van der Waals surface area contributed by atoms with E-state index >= 15 is 0 Å². The van der Waals surface area contributed by atoms with Crippen LogP contribution in [0, 0.1) is 6.92 Å². The Labute approximate surface area is 210 Å². The number of fused-ring (bicyclic) bond motifs is 7. The van der Waals surface area contributed by atoms with Crippen molar-refractivity contribution in [2.75, 3.05) is 51.3 Å². The van der Waals surface area contributed by atoms with Gasteiger partial charge in [0.25, 0.3) is 5.91 Å². The Morgan fingerprint density at radius 3 is 2.94 bits per heavy atom. The third kappa shape index (κ3) is 6.17. The lowest BCUT2D eigenvalue weighted by Gasteiger charge is -2.26. The van der Waals surface area contributed by atoms with E-state index in [1.54, 1.807) is 6.20 Å². The molecule has 2 aromatic heterocycles. The van der Waals surface area contributed by atoms with Gasteiger partial charge in [0.2, 0.25) is 5.95 Å². The normalized spacial score (nSPS) is 16.9. The molecule has 2 N–H and O–H groups in total. The number of carbonyl (C=O) groups excluding carboxylic acids is 1. The van der Waals surface area contributed by atoms with E-state index in [0.29, 0.717) is 42.7 Å². The van der Waals surface area contributed by atoms with Crippen molar-refractivity contribution in [3.63, 3.8) is 0 Å². The van der Waals surface area contributed by atoms with Crippen molar-refractivity contribution in [1.82, 2.24) is 20.2 Å².